The van der Waals surface area contributed by atoms with E-state index in [1.807, 2.05) is 39.9 Å². The molecule has 1 saturated heterocycles. The molecule has 1 N–H and O–H groups in total. The zero-order valence-corrected chi connectivity index (χ0v) is 16.0. The van der Waals surface area contributed by atoms with E-state index >= 15 is 0 Å². The predicted octanol–water partition coefficient (Wildman–Crippen LogP) is 3.39. The van der Waals surface area contributed by atoms with Crippen LogP contribution < -0.4 is 0 Å². The number of nitrogens with zero attached hydrogens (tertiary/aromatic N) is 2. The highest BCUT2D eigenvalue weighted by Gasteiger charge is 2.43. The Morgan fingerprint density at radius 1 is 1.22 bits per heavy atom. The molecule has 0 radical (unpaired) electrons. The normalized spacial score (nSPS) is 25.4. The van der Waals surface area contributed by atoms with Crippen molar-refractivity contribution in [2.24, 2.45) is 5.92 Å². The lowest BCUT2D eigenvalue weighted by molar-refractivity contribution is -0.143. The second kappa shape index (κ2) is 7.12. The molecule has 5 nitrogen and oxygen atoms in total. The molecule has 1 amide bonds. The molecule has 2 aromatic rings. The highest BCUT2D eigenvalue weighted by atomic mass is 16.3. The van der Waals surface area contributed by atoms with Crippen molar-refractivity contribution in [2.45, 2.75) is 57.6 Å². The summed E-state index contributed by atoms with van der Waals surface area (Å²) in [5.41, 5.74) is 1.15. The largest absolute Gasteiger partial charge is 0.389 e. The molecule has 1 aromatic heterocycles. The molecule has 2 heterocycles. The number of para-hydroxylation sites is 1. The molecule has 4 rings (SSSR count). The standard InChI is InChI=1S/C22H28N2O3/c1-16(25)19-15-23(20-8-3-2-7-18(19)20)12-9-21(26)24-13-11-22(27)10-5-4-6-17(22)14-24/h2-3,7-8,15,17,27H,4-6,9-14H2,1H3/t17-,22-/m1/s1. The molecule has 2 atom stereocenters. The minimum atomic E-state index is -0.554. The van der Waals surface area contributed by atoms with Gasteiger partial charge in [-0.15, -0.1) is 0 Å². The first-order valence-corrected chi connectivity index (χ1v) is 10.1. The van der Waals surface area contributed by atoms with Gasteiger partial charge in [-0.3, -0.25) is 9.59 Å². The SMILES string of the molecule is CC(=O)c1cn(CCC(=O)N2CC[C@]3(O)CCCC[C@@H]3C2)c2ccccc12. The number of carbonyl (C=O) groups is 2. The van der Waals surface area contributed by atoms with Gasteiger partial charge in [0.1, 0.15) is 0 Å². The average molecular weight is 368 g/mol. The average Bonchev–Trinajstić information content (AvgIpc) is 3.04. The summed E-state index contributed by atoms with van der Waals surface area (Å²) in [4.78, 5) is 26.6. The molecule has 1 aliphatic carbocycles. The number of Topliss-reactive ketones (excluding diaryl/α,β-unsaturated/α-hetero) is 1. The number of aryl methyl sites for hydroxylation is 1. The Morgan fingerprint density at radius 3 is 2.85 bits per heavy atom. The zero-order chi connectivity index (χ0) is 19.0. The highest BCUT2D eigenvalue weighted by Crippen LogP contribution is 2.39. The summed E-state index contributed by atoms with van der Waals surface area (Å²) in [7, 11) is 0. The number of aromatic nitrogens is 1. The van der Waals surface area contributed by atoms with Crippen molar-refractivity contribution in [2.75, 3.05) is 13.1 Å². The highest BCUT2D eigenvalue weighted by molar-refractivity contribution is 6.06. The van der Waals surface area contributed by atoms with Crippen LogP contribution in [0.4, 0.5) is 0 Å². The van der Waals surface area contributed by atoms with Gasteiger partial charge < -0.3 is 14.6 Å². The minimum absolute atomic E-state index is 0.0453. The third-order valence-electron chi connectivity index (χ3n) is 6.51. The first-order valence-electron chi connectivity index (χ1n) is 10.1. The summed E-state index contributed by atoms with van der Waals surface area (Å²) in [6.45, 7) is 3.48. The summed E-state index contributed by atoms with van der Waals surface area (Å²) < 4.78 is 2.02. The van der Waals surface area contributed by atoms with Gasteiger partial charge in [0.15, 0.2) is 5.78 Å². The van der Waals surface area contributed by atoms with Crippen LogP contribution in [0.2, 0.25) is 0 Å². The van der Waals surface area contributed by atoms with E-state index in [4.69, 9.17) is 0 Å². The maximum absolute atomic E-state index is 12.8. The van der Waals surface area contributed by atoms with E-state index in [1.165, 1.54) is 0 Å². The van der Waals surface area contributed by atoms with Gasteiger partial charge in [-0.05, 0) is 32.3 Å². The quantitative estimate of drug-likeness (QED) is 0.842. The second-order valence-corrected chi connectivity index (χ2v) is 8.20. The van der Waals surface area contributed by atoms with Crippen molar-refractivity contribution < 1.29 is 14.7 Å². The fourth-order valence-electron chi connectivity index (χ4n) is 4.88. The molecule has 0 unspecified atom stereocenters. The number of hydrogen-bond acceptors (Lipinski definition) is 3. The number of benzene rings is 1. The molecule has 144 valence electrons. The molecule has 2 fully saturated rings. The van der Waals surface area contributed by atoms with Crippen LogP contribution in [0.15, 0.2) is 30.5 Å². The van der Waals surface area contributed by atoms with E-state index in [1.54, 1.807) is 6.92 Å². The third-order valence-corrected chi connectivity index (χ3v) is 6.51. The van der Waals surface area contributed by atoms with Gasteiger partial charge >= 0.3 is 0 Å². The topological polar surface area (TPSA) is 62.5 Å². The maximum atomic E-state index is 12.8. The van der Waals surface area contributed by atoms with E-state index in [2.05, 4.69) is 0 Å². The summed E-state index contributed by atoms with van der Waals surface area (Å²) in [6.07, 6.45) is 7.13. The lowest BCUT2D eigenvalue weighted by atomic mass is 9.71. The summed E-state index contributed by atoms with van der Waals surface area (Å²) in [5, 5.41) is 11.7. The van der Waals surface area contributed by atoms with Crippen molar-refractivity contribution in [3.63, 3.8) is 0 Å². The number of likely N-dealkylation sites (tertiary alicyclic amines) is 1. The second-order valence-electron chi connectivity index (χ2n) is 8.20. The number of fused-ring (bicyclic) bond motifs is 2. The van der Waals surface area contributed by atoms with Crippen molar-refractivity contribution in [3.05, 3.63) is 36.0 Å². The van der Waals surface area contributed by atoms with Gasteiger partial charge in [-0.2, -0.15) is 0 Å². The van der Waals surface area contributed by atoms with Crippen LogP contribution in [0.1, 0.15) is 55.8 Å². The molecular weight excluding hydrogens is 340 g/mol. The smallest absolute Gasteiger partial charge is 0.224 e. The Morgan fingerprint density at radius 2 is 2.04 bits per heavy atom. The number of hydrogen-bond donors (Lipinski definition) is 1. The number of rotatable bonds is 4. The molecular formula is C22H28N2O3. The third kappa shape index (κ3) is 3.41. The van der Waals surface area contributed by atoms with Crippen LogP contribution in [-0.4, -0.2) is 45.0 Å². The molecule has 0 bridgehead atoms. The summed E-state index contributed by atoms with van der Waals surface area (Å²) >= 11 is 0. The Hall–Kier alpha value is -2.14. The van der Waals surface area contributed by atoms with Gasteiger partial charge in [0, 0.05) is 54.6 Å². The Balaban J connectivity index is 1.44. The number of aliphatic hydroxyl groups is 1. The van der Waals surface area contributed by atoms with E-state index in [9.17, 15) is 14.7 Å². The van der Waals surface area contributed by atoms with Crippen LogP contribution in [0, 0.1) is 5.92 Å². The maximum Gasteiger partial charge on any atom is 0.224 e. The minimum Gasteiger partial charge on any atom is -0.389 e. The van der Waals surface area contributed by atoms with Crippen molar-refractivity contribution in [1.82, 2.24) is 9.47 Å². The van der Waals surface area contributed by atoms with Crippen LogP contribution in [0.25, 0.3) is 10.9 Å². The predicted molar refractivity (Wildman–Crippen MR) is 105 cm³/mol. The molecule has 5 heteroatoms. The fourth-order valence-corrected chi connectivity index (χ4v) is 4.88. The fraction of sp³-hybridized carbons (Fsp3) is 0.545. The molecule has 0 spiro atoms. The first kappa shape index (κ1) is 18.2. The Labute approximate surface area is 160 Å². The lowest BCUT2D eigenvalue weighted by Crippen LogP contribution is -2.54. The monoisotopic (exact) mass is 368 g/mol. The van der Waals surface area contributed by atoms with E-state index < -0.39 is 5.60 Å². The van der Waals surface area contributed by atoms with Gasteiger partial charge in [-0.25, -0.2) is 0 Å². The van der Waals surface area contributed by atoms with Crippen LogP contribution in [0.3, 0.4) is 0 Å². The van der Waals surface area contributed by atoms with Crippen molar-refractivity contribution in [3.8, 4) is 0 Å². The van der Waals surface area contributed by atoms with Crippen molar-refractivity contribution in [1.29, 1.82) is 0 Å². The van der Waals surface area contributed by atoms with E-state index in [0.29, 0.717) is 38.0 Å². The van der Waals surface area contributed by atoms with Gasteiger partial charge in [0.25, 0.3) is 0 Å². The number of carbonyl (C=O) groups excluding carboxylic acids is 2. The number of amides is 1. The van der Waals surface area contributed by atoms with Gasteiger partial charge in [0.05, 0.1) is 5.60 Å². The molecule has 1 aromatic carbocycles. The Bertz CT molecular complexity index is 872. The molecule has 27 heavy (non-hydrogen) atoms. The number of ketones is 1. The van der Waals surface area contributed by atoms with Crippen LogP contribution in [-0.2, 0) is 11.3 Å². The van der Waals surface area contributed by atoms with Crippen LogP contribution >= 0.6 is 0 Å². The summed E-state index contributed by atoms with van der Waals surface area (Å²) in [6, 6.07) is 7.84. The molecule has 2 aliphatic rings. The number of piperidine rings is 1. The zero-order valence-electron chi connectivity index (χ0n) is 16.0. The first-order chi connectivity index (χ1) is 13.0. The van der Waals surface area contributed by atoms with E-state index in [0.717, 1.165) is 36.6 Å². The van der Waals surface area contributed by atoms with Gasteiger partial charge in [-0.1, -0.05) is 31.0 Å². The lowest BCUT2D eigenvalue weighted by Gasteiger charge is -2.47. The van der Waals surface area contributed by atoms with E-state index in [-0.39, 0.29) is 17.6 Å². The van der Waals surface area contributed by atoms with Crippen molar-refractivity contribution >= 4 is 22.6 Å². The molecule has 1 aliphatic heterocycles. The Kier molecular flexibility index (Phi) is 4.81. The van der Waals surface area contributed by atoms with Crippen LogP contribution in [0.5, 0.6) is 0 Å². The van der Waals surface area contributed by atoms with Gasteiger partial charge in [0.2, 0.25) is 5.91 Å². The molecule has 1 saturated carbocycles. The summed E-state index contributed by atoms with van der Waals surface area (Å²) in [5.74, 6) is 0.411.